The number of aliphatic imine (C=N–C) groups is 1. The van der Waals surface area contributed by atoms with Crippen LogP contribution in [0.1, 0.15) is 5.82 Å². The van der Waals surface area contributed by atoms with Crippen molar-refractivity contribution in [1.82, 2.24) is 24.5 Å². The number of thioether (sulfide) groups is 1. The summed E-state index contributed by atoms with van der Waals surface area (Å²) in [7, 11) is 0.353. The standard InChI is InChI=1S/C19H28N6O2S2/c1-20-19(21-8-13-29(26,27)25-9-11-28-12-10-25)24(2)15-18-22-14-17(23-18)16-6-4-3-5-7-16/h3-7,14H,8-13,15H2,1-2H3,(H,20,21)(H,22,23). The van der Waals surface area contributed by atoms with E-state index in [9.17, 15) is 8.42 Å². The number of hydrogen-bond acceptors (Lipinski definition) is 5. The van der Waals surface area contributed by atoms with Crippen LogP contribution < -0.4 is 5.32 Å². The summed E-state index contributed by atoms with van der Waals surface area (Å²) < 4.78 is 26.5. The number of aromatic amines is 1. The number of sulfonamides is 1. The second kappa shape index (κ2) is 10.1. The van der Waals surface area contributed by atoms with E-state index < -0.39 is 10.0 Å². The molecule has 0 radical (unpaired) electrons. The molecule has 2 heterocycles. The molecule has 10 heteroatoms. The topological polar surface area (TPSA) is 93.7 Å². The predicted molar refractivity (Wildman–Crippen MR) is 120 cm³/mol. The SMILES string of the molecule is CN=C(NCCS(=O)(=O)N1CCSCC1)N(C)Cc1ncc(-c2ccccc2)[nH]1. The van der Waals surface area contributed by atoms with E-state index in [-0.39, 0.29) is 5.75 Å². The Kier molecular flexibility index (Phi) is 7.57. The number of benzene rings is 1. The van der Waals surface area contributed by atoms with Crippen LogP contribution in [-0.4, -0.2) is 84.5 Å². The van der Waals surface area contributed by atoms with Crippen LogP contribution >= 0.6 is 11.8 Å². The number of nitrogens with zero attached hydrogens (tertiary/aromatic N) is 4. The molecule has 1 aliphatic heterocycles. The van der Waals surface area contributed by atoms with Gasteiger partial charge < -0.3 is 15.2 Å². The lowest BCUT2D eigenvalue weighted by Crippen LogP contribution is -2.44. The van der Waals surface area contributed by atoms with E-state index in [1.165, 1.54) is 0 Å². The van der Waals surface area contributed by atoms with Gasteiger partial charge in [0.15, 0.2) is 5.96 Å². The minimum absolute atomic E-state index is 0.0590. The van der Waals surface area contributed by atoms with Gasteiger partial charge in [-0.3, -0.25) is 4.99 Å². The number of imidazole rings is 1. The molecule has 0 spiro atoms. The van der Waals surface area contributed by atoms with Gasteiger partial charge >= 0.3 is 0 Å². The van der Waals surface area contributed by atoms with Crippen LogP contribution in [0, 0.1) is 0 Å². The van der Waals surface area contributed by atoms with Gasteiger partial charge in [0.1, 0.15) is 5.82 Å². The summed E-state index contributed by atoms with van der Waals surface area (Å²) in [6, 6.07) is 10.0. The summed E-state index contributed by atoms with van der Waals surface area (Å²) >= 11 is 1.80. The largest absolute Gasteiger partial charge is 0.355 e. The van der Waals surface area contributed by atoms with Crippen molar-refractivity contribution in [2.24, 2.45) is 4.99 Å². The Morgan fingerprint density at radius 1 is 1.31 bits per heavy atom. The van der Waals surface area contributed by atoms with Gasteiger partial charge in [-0.1, -0.05) is 30.3 Å². The summed E-state index contributed by atoms with van der Waals surface area (Å²) in [5.74, 6) is 3.24. The third-order valence-electron chi connectivity index (χ3n) is 4.68. The number of hydrogen-bond donors (Lipinski definition) is 2. The third-order valence-corrected chi connectivity index (χ3v) is 7.49. The van der Waals surface area contributed by atoms with Gasteiger partial charge in [0.25, 0.3) is 0 Å². The second-order valence-electron chi connectivity index (χ2n) is 6.77. The molecule has 0 saturated carbocycles. The van der Waals surface area contributed by atoms with Gasteiger partial charge in [-0.2, -0.15) is 11.8 Å². The molecule has 8 nitrogen and oxygen atoms in total. The van der Waals surface area contributed by atoms with Crippen LogP contribution in [0.3, 0.4) is 0 Å². The van der Waals surface area contributed by atoms with Crippen molar-refractivity contribution in [3.05, 3.63) is 42.4 Å². The summed E-state index contributed by atoms with van der Waals surface area (Å²) in [6.07, 6.45) is 1.82. The van der Waals surface area contributed by atoms with Crippen LogP contribution in [0.15, 0.2) is 41.5 Å². The lowest BCUT2D eigenvalue weighted by Gasteiger charge is -2.26. The maximum absolute atomic E-state index is 12.5. The molecule has 1 fully saturated rings. The van der Waals surface area contributed by atoms with Crippen molar-refractivity contribution in [3.8, 4) is 11.3 Å². The molecule has 1 aliphatic rings. The maximum atomic E-state index is 12.5. The lowest BCUT2D eigenvalue weighted by molar-refractivity contribution is 0.441. The van der Waals surface area contributed by atoms with Crippen molar-refractivity contribution < 1.29 is 8.42 Å². The Balaban J connectivity index is 1.52. The van der Waals surface area contributed by atoms with Crippen LogP contribution in [0.2, 0.25) is 0 Å². The van der Waals surface area contributed by atoms with E-state index in [4.69, 9.17) is 0 Å². The molecular weight excluding hydrogens is 408 g/mol. The van der Waals surface area contributed by atoms with E-state index in [2.05, 4.69) is 20.3 Å². The van der Waals surface area contributed by atoms with Gasteiger partial charge in [-0.15, -0.1) is 0 Å². The molecule has 2 aromatic rings. The summed E-state index contributed by atoms with van der Waals surface area (Å²) in [5, 5.41) is 3.15. The van der Waals surface area contributed by atoms with Crippen LogP contribution in [0.4, 0.5) is 0 Å². The fourth-order valence-electron chi connectivity index (χ4n) is 3.14. The van der Waals surface area contributed by atoms with Gasteiger partial charge in [-0.25, -0.2) is 17.7 Å². The third kappa shape index (κ3) is 5.97. The number of guanidine groups is 1. The molecule has 1 aromatic carbocycles. The van der Waals surface area contributed by atoms with Crippen LogP contribution in [0.25, 0.3) is 11.3 Å². The Morgan fingerprint density at radius 3 is 2.72 bits per heavy atom. The number of nitrogens with one attached hydrogen (secondary N) is 2. The lowest BCUT2D eigenvalue weighted by atomic mass is 10.2. The van der Waals surface area contributed by atoms with Crippen LogP contribution in [-0.2, 0) is 16.6 Å². The Labute approximate surface area is 176 Å². The second-order valence-corrected chi connectivity index (χ2v) is 10.1. The molecular formula is C19H28N6O2S2. The molecule has 3 rings (SSSR count). The highest BCUT2D eigenvalue weighted by Gasteiger charge is 2.23. The zero-order valence-electron chi connectivity index (χ0n) is 16.8. The Morgan fingerprint density at radius 2 is 2.03 bits per heavy atom. The molecule has 29 heavy (non-hydrogen) atoms. The fourth-order valence-corrected chi connectivity index (χ4v) is 5.63. The van der Waals surface area contributed by atoms with E-state index in [1.54, 1.807) is 23.1 Å². The average Bonchev–Trinajstić information content (AvgIpc) is 3.21. The molecule has 0 bridgehead atoms. The Bertz CT molecular complexity index is 908. The van der Waals surface area contributed by atoms with E-state index >= 15 is 0 Å². The molecule has 1 aromatic heterocycles. The van der Waals surface area contributed by atoms with Crippen molar-refractivity contribution in [1.29, 1.82) is 0 Å². The Hall–Kier alpha value is -2.04. The first-order chi connectivity index (χ1) is 14.0. The van der Waals surface area contributed by atoms with E-state index in [0.29, 0.717) is 32.1 Å². The van der Waals surface area contributed by atoms with E-state index in [0.717, 1.165) is 28.6 Å². The van der Waals surface area contributed by atoms with Gasteiger partial charge in [0.2, 0.25) is 10.0 Å². The summed E-state index contributed by atoms with van der Waals surface area (Å²) in [6.45, 7) is 2.05. The van der Waals surface area contributed by atoms with Gasteiger partial charge in [0.05, 0.1) is 24.2 Å². The van der Waals surface area contributed by atoms with Crippen LogP contribution in [0.5, 0.6) is 0 Å². The average molecular weight is 437 g/mol. The smallest absolute Gasteiger partial charge is 0.215 e. The first-order valence-electron chi connectivity index (χ1n) is 9.56. The molecule has 0 aliphatic carbocycles. The van der Waals surface area contributed by atoms with E-state index in [1.807, 2.05) is 48.5 Å². The highest BCUT2D eigenvalue weighted by atomic mass is 32.2. The maximum Gasteiger partial charge on any atom is 0.215 e. The monoisotopic (exact) mass is 436 g/mol. The highest BCUT2D eigenvalue weighted by Crippen LogP contribution is 2.16. The number of H-pyrrole nitrogens is 1. The number of rotatable bonds is 7. The summed E-state index contributed by atoms with van der Waals surface area (Å²) in [4.78, 5) is 13.9. The molecule has 2 N–H and O–H groups in total. The molecule has 0 amide bonds. The summed E-state index contributed by atoms with van der Waals surface area (Å²) in [5.41, 5.74) is 2.04. The van der Waals surface area contributed by atoms with Crippen molar-refractivity contribution in [2.45, 2.75) is 6.54 Å². The number of aromatic nitrogens is 2. The first kappa shape index (κ1) is 21.7. The predicted octanol–water partition coefficient (Wildman–Crippen LogP) is 1.46. The fraction of sp³-hybridized carbons (Fsp3) is 0.474. The molecule has 1 saturated heterocycles. The normalized spacial score (nSPS) is 16.0. The van der Waals surface area contributed by atoms with Crippen molar-refractivity contribution in [3.63, 3.8) is 0 Å². The van der Waals surface area contributed by atoms with Crippen molar-refractivity contribution in [2.75, 3.05) is 51.0 Å². The molecule has 0 atom stereocenters. The minimum atomic E-state index is -3.23. The first-order valence-corrected chi connectivity index (χ1v) is 12.3. The zero-order chi connectivity index (χ0) is 20.7. The quantitative estimate of drug-likeness (QED) is 0.504. The zero-order valence-corrected chi connectivity index (χ0v) is 18.5. The minimum Gasteiger partial charge on any atom is -0.355 e. The van der Waals surface area contributed by atoms with Gasteiger partial charge in [-0.05, 0) is 5.56 Å². The highest BCUT2D eigenvalue weighted by molar-refractivity contribution is 7.99. The van der Waals surface area contributed by atoms with Gasteiger partial charge in [0, 0.05) is 45.2 Å². The molecule has 0 unspecified atom stereocenters. The van der Waals surface area contributed by atoms with Crippen molar-refractivity contribution >= 4 is 27.7 Å². The molecule has 158 valence electrons.